The van der Waals surface area contributed by atoms with Gasteiger partial charge in [0.15, 0.2) is 23.0 Å². The van der Waals surface area contributed by atoms with Crippen LogP contribution in [0.5, 0.6) is 23.0 Å². The van der Waals surface area contributed by atoms with Gasteiger partial charge in [-0.3, -0.25) is 19.9 Å². The van der Waals surface area contributed by atoms with Gasteiger partial charge in [0, 0.05) is 125 Å². The number of fused-ring (bicyclic) bond motifs is 2. The smallest absolute Gasteiger partial charge is 0.255 e. The van der Waals surface area contributed by atoms with E-state index in [1.807, 2.05) is 106 Å². The van der Waals surface area contributed by atoms with E-state index in [1.54, 1.807) is 88.3 Å². The van der Waals surface area contributed by atoms with Gasteiger partial charge in [-0.1, -0.05) is 47.5 Å². The first-order valence-corrected chi connectivity index (χ1v) is 34.8. The second-order valence-corrected chi connectivity index (χ2v) is 24.4. The minimum atomic E-state index is -10.7. The molecule has 0 aliphatic carbocycles. The number of aromatic nitrogens is 12. The maximum Gasteiger partial charge on any atom is 2.00 e. The molecule has 8 heterocycles. The first kappa shape index (κ1) is 93.4. The van der Waals surface area contributed by atoms with Crippen molar-refractivity contribution in [3.8, 4) is 45.8 Å². The molecule has 6 N–H and O–H groups in total. The van der Waals surface area contributed by atoms with Crippen LogP contribution in [0.15, 0.2) is 208 Å². The van der Waals surface area contributed by atoms with Gasteiger partial charge in [0.2, 0.25) is 0 Å². The van der Waals surface area contributed by atoms with Gasteiger partial charge in [0.05, 0.1) is 83.9 Å². The van der Waals surface area contributed by atoms with Crippen molar-refractivity contribution in [1.29, 1.82) is 0 Å². The Hall–Kier alpha value is -9.70. The largest absolute Gasteiger partial charge is 2.00 e. The molecule has 22 nitrogen and oxygen atoms in total. The van der Waals surface area contributed by atoms with Crippen molar-refractivity contribution < 1.29 is 118 Å². The van der Waals surface area contributed by atoms with E-state index < -0.39 is 27.3 Å². The van der Waals surface area contributed by atoms with Crippen molar-refractivity contribution in [3.05, 3.63) is 230 Å². The minimum Gasteiger partial charge on any atom is -0.255 e. The number of aryl methyl sites for hydroxylation is 2. The maximum absolute atomic E-state index is 13.4. The van der Waals surface area contributed by atoms with E-state index in [0.717, 1.165) is 87.9 Å². The molecule has 0 atom stereocenters. The molecule has 0 aliphatic heterocycles. The molecule has 8 aromatic heterocycles. The molecule has 0 bridgehead atoms. The molecular formula is C66H70Cl2F14N14O8P2Ru. The number of rotatable bonds is 18. The predicted octanol–water partition coefficient (Wildman–Crippen LogP) is 19.2. The maximum atomic E-state index is 13.4. The van der Waals surface area contributed by atoms with Crippen molar-refractivity contribution in [3.63, 3.8) is 0 Å². The summed E-state index contributed by atoms with van der Waals surface area (Å²) in [4.78, 5) is 42.1. The van der Waals surface area contributed by atoms with Crippen molar-refractivity contribution in [2.45, 2.75) is 25.9 Å². The van der Waals surface area contributed by atoms with Gasteiger partial charge in [0.1, 0.15) is 35.9 Å². The number of methoxy groups -OCH3 is 2. The Morgan fingerprint density at radius 3 is 0.963 bits per heavy atom. The average Bonchev–Trinajstić information content (AvgIpc) is 1.07. The first-order chi connectivity index (χ1) is 50.1. The fourth-order valence-corrected chi connectivity index (χ4v) is 8.41. The summed E-state index contributed by atoms with van der Waals surface area (Å²) in [5.74, 6) is 2.48. The van der Waals surface area contributed by atoms with Crippen LogP contribution in [0, 0.1) is 11.6 Å². The van der Waals surface area contributed by atoms with Gasteiger partial charge < -0.3 is 59.1 Å². The Balaban J connectivity index is 0.000000464. The van der Waals surface area contributed by atoms with E-state index in [9.17, 15) is 59.1 Å². The molecule has 0 saturated carbocycles. The van der Waals surface area contributed by atoms with E-state index in [4.69, 9.17) is 62.6 Å². The molecule has 0 radical (unpaired) electrons. The zero-order valence-corrected chi connectivity index (χ0v) is 62.0. The predicted molar refractivity (Wildman–Crippen MR) is 381 cm³/mol. The number of hydrogen-bond donors (Lipinski definition) is 6. The summed E-state index contributed by atoms with van der Waals surface area (Å²) in [5, 5.41) is 35.9. The quantitative estimate of drug-likeness (QED) is 0.0201. The summed E-state index contributed by atoms with van der Waals surface area (Å²) >= 11 is 11.8. The van der Waals surface area contributed by atoms with Crippen molar-refractivity contribution in [2.24, 2.45) is 0 Å². The summed E-state index contributed by atoms with van der Waals surface area (Å²) in [7, 11) is -14.1. The SMILES string of the molecule is CO.CO.CO.CO.COc1cc2ncnc(Nc3ccc(F)c(Cl)c3)c2cc1OCCCn1ccnc1.COc1cc2ncnc(Nc3ccc(F)c(Cl)c3)c2cc1OCCCn1ccnc1.F[P-](F)(F)(F)(F)F.F[P-](F)(F)(F)(F)F.[Ru+2].c1ccc(-c2ccccn2)nc1.c1ccc(-c2ccccn2)nc1. The molecule has 582 valence electrons. The van der Waals surface area contributed by atoms with Gasteiger partial charge in [0.25, 0.3) is 0 Å². The molecule has 0 saturated heterocycles. The molecule has 12 aromatic rings. The second-order valence-electron chi connectivity index (χ2n) is 19.8. The van der Waals surface area contributed by atoms with Crippen LogP contribution in [-0.2, 0) is 32.6 Å². The van der Waals surface area contributed by atoms with Gasteiger partial charge in [-0.05, 0) is 110 Å². The van der Waals surface area contributed by atoms with Crippen LogP contribution in [0.3, 0.4) is 0 Å². The van der Waals surface area contributed by atoms with Gasteiger partial charge >= 0.3 is 85.5 Å². The summed E-state index contributed by atoms with van der Waals surface area (Å²) in [5.41, 5.74) is 6.25. The Morgan fingerprint density at radius 2 is 0.710 bits per heavy atom. The Kier molecular flexibility index (Phi) is 37.7. The van der Waals surface area contributed by atoms with Crippen LogP contribution in [0.2, 0.25) is 10.0 Å². The fraction of sp³-hybridized carbons (Fsp3) is 0.182. The zero-order chi connectivity index (χ0) is 79.1. The molecular weight excluding hydrogens is 1620 g/mol. The molecule has 0 aliphatic rings. The van der Waals surface area contributed by atoms with Crippen molar-refractivity contribution in [2.75, 3.05) is 66.5 Å². The van der Waals surface area contributed by atoms with Crippen LogP contribution in [0.4, 0.5) is 82.2 Å². The number of aliphatic hydroxyl groups excluding tert-OH is 4. The molecule has 0 fully saturated rings. The van der Waals surface area contributed by atoms with E-state index >= 15 is 0 Å². The summed E-state index contributed by atoms with van der Waals surface area (Å²) in [6.07, 6.45) is 22.4. The van der Waals surface area contributed by atoms with Crippen LogP contribution in [0.25, 0.3) is 44.6 Å². The number of aliphatic hydroxyl groups is 4. The number of benzene rings is 4. The number of hydrogen-bond acceptors (Lipinski definition) is 20. The number of imidazole rings is 2. The fourth-order valence-electron chi connectivity index (χ4n) is 8.05. The molecule has 4 aromatic carbocycles. The van der Waals surface area contributed by atoms with Gasteiger partial charge in [-0.15, -0.1) is 0 Å². The Morgan fingerprint density at radius 1 is 0.402 bits per heavy atom. The number of nitrogens with one attached hydrogen (secondary N) is 2. The second kappa shape index (κ2) is 43.2. The van der Waals surface area contributed by atoms with E-state index in [1.165, 1.54) is 36.9 Å². The summed E-state index contributed by atoms with van der Waals surface area (Å²) in [6.45, 7) is 2.61. The van der Waals surface area contributed by atoms with Crippen LogP contribution < -0.4 is 29.6 Å². The van der Waals surface area contributed by atoms with Gasteiger partial charge in [-0.25, -0.2) is 38.7 Å². The third-order valence-electron chi connectivity index (χ3n) is 12.1. The number of ether oxygens (including phenoxy) is 4. The molecule has 0 amide bonds. The van der Waals surface area contributed by atoms with E-state index in [2.05, 4.69) is 60.5 Å². The Bertz CT molecular complexity index is 4140. The third kappa shape index (κ3) is 38.9. The Labute approximate surface area is 625 Å². The number of pyridine rings is 4. The van der Waals surface area contributed by atoms with E-state index in [0.29, 0.717) is 70.3 Å². The number of halogens is 16. The third-order valence-corrected chi connectivity index (χ3v) is 12.7. The van der Waals surface area contributed by atoms with Crippen molar-refractivity contribution >= 4 is 83.6 Å². The van der Waals surface area contributed by atoms with Crippen LogP contribution in [0.1, 0.15) is 12.8 Å². The van der Waals surface area contributed by atoms with Gasteiger partial charge in [-0.2, -0.15) is 0 Å². The van der Waals surface area contributed by atoms with Crippen LogP contribution in [-0.4, -0.2) is 135 Å². The minimum absolute atomic E-state index is 0. The summed E-state index contributed by atoms with van der Waals surface area (Å²) in [6, 6.07) is 39.2. The summed E-state index contributed by atoms with van der Waals surface area (Å²) < 4.78 is 172. The topological polar surface area (TPSA) is 281 Å². The molecule has 12 rings (SSSR count). The number of nitrogens with zero attached hydrogens (tertiary/aromatic N) is 12. The van der Waals surface area contributed by atoms with Crippen LogP contribution >= 0.6 is 38.8 Å². The standard InChI is InChI=1S/2C21H19ClFN5O2.2C10H8N2.4CH4O.2F6P.Ru/c2*1-29-19-11-18-15(10-20(19)30-8-2-6-28-7-5-24-13-28)21(26-12-25-18)27-14-3-4-17(23)16(22)9-14;2*1-3-7-11-9(5-1)10-6-2-4-8-12-10;4*1-2;2*1-7(2,3,4,5)6;/h2*3-5,7,9-13H,2,6,8H2,1H3,(H,25,26,27);2*1-8H;4*2H,1H3;;;/q;;;;;;;;2*-1;+2. The number of anilines is 4. The molecule has 107 heavy (non-hydrogen) atoms. The van der Waals surface area contributed by atoms with E-state index in [-0.39, 0.29) is 29.5 Å². The normalized spacial score (nSPS) is 11.5. The first-order valence-electron chi connectivity index (χ1n) is 29.9. The monoisotopic (exact) mass is 1690 g/mol. The molecule has 0 spiro atoms. The van der Waals surface area contributed by atoms with Crippen molar-refractivity contribution in [1.82, 2.24) is 59.0 Å². The molecule has 41 heteroatoms. The zero-order valence-electron chi connectivity index (χ0n) is 57.0. The average molecular weight is 1690 g/mol. The molecule has 0 unspecified atom stereocenters.